The number of aliphatic hydroxyl groups excluding tert-OH is 1. The molecule has 2 aliphatic rings. The summed E-state index contributed by atoms with van der Waals surface area (Å²) in [5.41, 5.74) is 4.60. The number of hydrogen-bond donors (Lipinski definition) is 2. The van der Waals surface area contributed by atoms with Crippen LogP contribution in [0.4, 0.5) is 13.2 Å². The quantitative estimate of drug-likeness (QED) is 0.160. The van der Waals surface area contributed by atoms with Crippen molar-refractivity contribution in [2.24, 2.45) is 5.92 Å². The maximum atomic E-state index is 14.4. The molecule has 6 rings (SSSR count). The van der Waals surface area contributed by atoms with Gasteiger partial charge >= 0.3 is 12.1 Å². The Hall–Kier alpha value is -4.26. The molecule has 9 nitrogen and oxygen atoms in total. The number of aryl methyl sites for hydroxylation is 1. The van der Waals surface area contributed by atoms with Crippen LogP contribution in [0.5, 0.6) is 11.8 Å². The number of rotatable bonds is 12. The summed E-state index contributed by atoms with van der Waals surface area (Å²) < 4.78 is 54.0. The molecule has 1 aliphatic heterocycles. The molecule has 3 heterocycles. The fraction of sp³-hybridized carbons (Fsp3) is 0.405. The summed E-state index contributed by atoms with van der Waals surface area (Å²) in [7, 11) is 2.89. The van der Waals surface area contributed by atoms with E-state index in [0.717, 1.165) is 33.4 Å². The number of ether oxygens (including phenoxy) is 2. The minimum atomic E-state index is -4.76. The number of halogens is 4. The molecular weight excluding hydrogens is 673 g/mol. The van der Waals surface area contributed by atoms with Gasteiger partial charge in [-0.15, -0.1) is 0 Å². The van der Waals surface area contributed by atoms with Gasteiger partial charge in [0.25, 0.3) is 0 Å². The molecule has 13 heteroatoms. The minimum absolute atomic E-state index is 0.000684. The Morgan fingerprint density at radius 2 is 1.68 bits per heavy atom. The molecule has 0 saturated carbocycles. The molecule has 50 heavy (non-hydrogen) atoms. The van der Waals surface area contributed by atoms with E-state index in [2.05, 4.69) is 14.9 Å². The summed E-state index contributed by atoms with van der Waals surface area (Å²) in [6.45, 7) is 3.31. The first-order chi connectivity index (χ1) is 23.9. The van der Waals surface area contributed by atoms with Gasteiger partial charge in [-0.25, -0.2) is 15.0 Å². The van der Waals surface area contributed by atoms with E-state index >= 15 is 0 Å². The first-order valence-electron chi connectivity index (χ1n) is 16.5. The number of carbonyl (C=O) groups is 1. The zero-order valence-corrected chi connectivity index (χ0v) is 28.7. The summed E-state index contributed by atoms with van der Waals surface area (Å²) in [6, 6.07) is 15.4. The second-order valence-corrected chi connectivity index (χ2v) is 13.3. The topological polar surface area (TPSA) is 118 Å². The lowest BCUT2D eigenvalue weighted by molar-refractivity contribution is -0.143. The summed E-state index contributed by atoms with van der Waals surface area (Å²) in [6.07, 6.45) is -3.74. The number of pyridine rings is 1. The number of aromatic nitrogens is 3. The second-order valence-electron chi connectivity index (χ2n) is 12.9. The maximum Gasteiger partial charge on any atom is 0.435 e. The van der Waals surface area contributed by atoms with E-state index < -0.39 is 23.8 Å². The van der Waals surface area contributed by atoms with Crippen LogP contribution in [0.15, 0.2) is 48.5 Å². The second kappa shape index (κ2) is 14.5. The molecule has 0 bridgehead atoms. The van der Waals surface area contributed by atoms with Crippen LogP contribution in [0.25, 0.3) is 22.4 Å². The summed E-state index contributed by atoms with van der Waals surface area (Å²) in [4.78, 5) is 26.4. The Labute approximate surface area is 293 Å². The van der Waals surface area contributed by atoms with Crippen molar-refractivity contribution in [3.05, 3.63) is 87.3 Å². The van der Waals surface area contributed by atoms with Crippen molar-refractivity contribution in [1.29, 1.82) is 0 Å². The number of methoxy groups -OCH3 is 2. The number of fused-ring (bicyclic) bond motifs is 1. The van der Waals surface area contributed by atoms with Crippen LogP contribution in [-0.2, 0) is 36.8 Å². The zero-order valence-electron chi connectivity index (χ0n) is 27.9. The molecular formula is C37H38ClF3N4O5. The van der Waals surface area contributed by atoms with Crippen LogP contribution in [-0.4, -0.2) is 69.4 Å². The first-order valence-corrected chi connectivity index (χ1v) is 16.8. The van der Waals surface area contributed by atoms with E-state index in [9.17, 15) is 28.2 Å². The highest BCUT2D eigenvalue weighted by atomic mass is 35.5. The number of likely N-dealkylation sites (tertiary alicyclic amines) is 1. The third-order valence-corrected chi connectivity index (χ3v) is 9.97. The third kappa shape index (κ3) is 7.28. The number of aliphatic hydroxyl groups is 1. The van der Waals surface area contributed by atoms with Crippen molar-refractivity contribution in [3.8, 4) is 34.1 Å². The molecule has 1 saturated heterocycles. The maximum absolute atomic E-state index is 14.4. The Kier molecular flexibility index (Phi) is 10.3. The van der Waals surface area contributed by atoms with E-state index in [4.69, 9.17) is 26.1 Å². The number of β-amino-alcohol motifs (C(OH)–C–C–N with tert-alkyl or cyclic N) is 1. The van der Waals surface area contributed by atoms with E-state index in [0.29, 0.717) is 49.1 Å². The van der Waals surface area contributed by atoms with E-state index in [1.165, 1.54) is 14.0 Å². The Balaban J connectivity index is 1.29. The third-order valence-electron chi connectivity index (χ3n) is 9.56. The number of aliphatic carboxylic acids is 1. The van der Waals surface area contributed by atoms with Crippen molar-refractivity contribution >= 4 is 17.6 Å². The molecule has 2 atom stereocenters. The molecule has 1 fully saturated rings. The molecule has 2 aromatic heterocycles. The predicted molar refractivity (Wildman–Crippen MR) is 181 cm³/mol. The monoisotopic (exact) mass is 710 g/mol. The lowest BCUT2D eigenvalue weighted by Gasteiger charge is -2.35. The fourth-order valence-corrected chi connectivity index (χ4v) is 7.19. The Morgan fingerprint density at radius 1 is 0.980 bits per heavy atom. The number of alkyl halides is 3. The summed E-state index contributed by atoms with van der Waals surface area (Å²) >= 11 is 7.09. The van der Waals surface area contributed by atoms with Crippen LogP contribution in [0, 0.1) is 5.92 Å². The van der Waals surface area contributed by atoms with Gasteiger partial charge in [-0.05, 0) is 60.8 Å². The van der Waals surface area contributed by atoms with Gasteiger partial charge < -0.3 is 19.7 Å². The zero-order chi connectivity index (χ0) is 35.7. The first kappa shape index (κ1) is 35.6. The number of hydrogen-bond acceptors (Lipinski definition) is 8. The van der Waals surface area contributed by atoms with E-state index in [1.807, 2.05) is 48.5 Å². The molecule has 0 radical (unpaired) electrons. The van der Waals surface area contributed by atoms with Crippen molar-refractivity contribution in [3.63, 3.8) is 0 Å². The van der Waals surface area contributed by atoms with Gasteiger partial charge in [0, 0.05) is 36.3 Å². The van der Waals surface area contributed by atoms with Gasteiger partial charge in [0.2, 0.25) is 11.8 Å². The lowest BCUT2D eigenvalue weighted by atomic mass is 9.91. The highest BCUT2D eigenvalue weighted by Gasteiger charge is 2.39. The van der Waals surface area contributed by atoms with Gasteiger partial charge in [0.05, 0.1) is 42.7 Å². The normalized spacial score (nSPS) is 16.9. The molecule has 1 aliphatic carbocycles. The van der Waals surface area contributed by atoms with Gasteiger partial charge in [0.15, 0.2) is 5.69 Å². The van der Waals surface area contributed by atoms with Crippen LogP contribution in [0.2, 0.25) is 5.02 Å². The van der Waals surface area contributed by atoms with Crippen molar-refractivity contribution < 1.29 is 37.7 Å². The van der Waals surface area contributed by atoms with Crippen LogP contribution in [0.3, 0.4) is 0 Å². The molecule has 0 spiro atoms. The summed E-state index contributed by atoms with van der Waals surface area (Å²) in [5.74, 6) is -1.60. The SMILES string of the molecule is COc1nc(-c2cccc(-c3cccc4c3CC[C@@H]4Cc3nc(OC)c(CC[C@@H](C)C(=O)O)nc3C(F)(F)F)c2Cl)ccc1CN1CC(O)C1. The van der Waals surface area contributed by atoms with Crippen molar-refractivity contribution in [2.45, 2.75) is 63.8 Å². The van der Waals surface area contributed by atoms with Gasteiger partial charge in [-0.2, -0.15) is 13.2 Å². The van der Waals surface area contributed by atoms with Crippen LogP contribution >= 0.6 is 11.6 Å². The molecule has 0 unspecified atom stereocenters. The predicted octanol–water partition coefficient (Wildman–Crippen LogP) is 7.00. The molecule has 2 N–H and O–H groups in total. The Bertz CT molecular complexity index is 1900. The number of carboxylic acids is 1. The van der Waals surface area contributed by atoms with Gasteiger partial charge in [-0.3, -0.25) is 9.69 Å². The average Bonchev–Trinajstić information content (AvgIpc) is 3.49. The standard InChI is InChI=1S/C37H38ClF3N4O5/c1-20(36(47)48)10-14-30-35(50-3)44-31(33(42-30)37(39,40)41)16-21-11-13-26-24(21)6-4-7-25(26)27-8-5-9-28(32(27)38)29-15-12-22(34(43-29)49-2)17-45-18-23(46)19-45/h4-9,12,15,20-21,23,46H,10-11,13-14,16-19H2,1-3H3,(H,47,48)/t20-,21-/m1/s1. The van der Waals surface area contributed by atoms with Crippen LogP contribution in [0.1, 0.15) is 59.5 Å². The fourth-order valence-electron chi connectivity index (χ4n) is 6.86. The Morgan fingerprint density at radius 3 is 2.36 bits per heavy atom. The van der Waals surface area contributed by atoms with Crippen molar-refractivity contribution in [2.75, 3.05) is 27.3 Å². The van der Waals surface area contributed by atoms with Gasteiger partial charge in [-0.1, -0.05) is 61.0 Å². The van der Waals surface area contributed by atoms with Crippen LogP contribution < -0.4 is 9.47 Å². The smallest absolute Gasteiger partial charge is 0.435 e. The highest BCUT2D eigenvalue weighted by Crippen LogP contribution is 2.45. The average molecular weight is 711 g/mol. The number of carboxylic acid groups (broad SMARTS) is 1. The lowest BCUT2D eigenvalue weighted by Crippen LogP contribution is -2.49. The molecule has 2 aromatic carbocycles. The number of nitrogens with zero attached hydrogens (tertiary/aromatic N) is 4. The highest BCUT2D eigenvalue weighted by molar-refractivity contribution is 6.36. The molecule has 264 valence electrons. The molecule has 4 aromatic rings. The molecule has 0 amide bonds. The van der Waals surface area contributed by atoms with Gasteiger partial charge in [0.1, 0.15) is 5.69 Å². The minimum Gasteiger partial charge on any atom is -0.481 e. The number of benzene rings is 2. The largest absolute Gasteiger partial charge is 0.481 e. The van der Waals surface area contributed by atoms with E-state index in [1.54, 1.807) is 7.11 Å². The van der Waals surface area contributed by atoms with E-state index in [-0.39, 0.29) is 48.6 Å². The van der Waals surface area contributed by atoms with Crippen molar-refractivity contribution in [1.82, 2.24) is 19.9 Å². The summed E-state index contributed by atoms with van der Waals surface area (Å²) in [5, 5.41) is 19.4.